The molecule has 118 valence electrons. The summed E-state index contributed by atoms with van der Waals surface area (Å²) in [5, 5.41) is 0. The molecule has 1 aromatic rings. The average Bonchev–Trinajstić information content (AvgIpc) is 2.74. The van der Waals surface area contributed by atoms with Gasteiger partial charge in [0.05, 0.1) is 11.1 Å². The van der Waals surface area contributed by atoms with Crippen LogP contribution >= 0.6 is 0 Å². The minimum Gasteiger partial charge on any atom is -0.274 e. The molecule has 0 atom stereocenters. The molecular formula is C19H25NO2. The Balaban J connectivity index is 1.52. The van der Waals surface area contributed by atoms with Crippen LogP contribution in [0.3, 0.4) is 0 Å². The normalized spacial score (nSPS) is 19.9. The molecule has 0 unspecified atom stereocenters. The molecule has 3 nitrogen and oxygen atoms in total. The van der Waals surface area contributed by atoms with Gasteiger partial charge in [-0.2, -0.15) is 0 Å². The topological polar surface area (TPSA) is 37.4 Å². The Morgan fingerprint density at radius 3 is 2.00 bits per heavy atom. The van der Waals surface area contributed by atoms with Gasteiger partial charge in [-0.25, -0.2) is 0 Å². The Bertz CT molecular complexity index is 509. The summed E-state index contributed by atoms with van der Waals surface area (Å²) in [6.45, 7) is 0.572. The number of fused-ring (bicyclic) bond motifs is 1. The van der Waals surface area contributed by atoms with Crippen LogP contribution in [0.5, 0.6) is 0 Å². The molecular weight excluding hydrogens is 274 g/mol. The fourth-order valence-electron chi connectivity index (χ4n) is 3.81. The first-order chi connectivity index (χ1) is 10.8. The van der Waals surface area contributed by atoms with Crippen molar-refractivity contribution in [1.82, 2.24) is 4.90 Å². The van der Waals surface area contributed by atoms with Crippen LogP contribution in [0.4, 0.5) is 0 Å². The SMILES string of the molecule is O=C1c2ccccc2C(=O)N1CCCC1CCCCCCC1. The summed E-state index contributed by atoms with van der Waals surface area (Å²) >= 11 is 0. The Morgan fingerprint density at radius 2 is 1.41 bits per heavy atom. The second kappa shape index (κ2) is 7.08. The number of amides is 2. The lowest BCUT2D eigenvalue weighted by atomic mass is 9.88. The van der Waals surface area contributed by atoms with E-state index >= 15 is 0 Å². The van der Waals surface area contributed by atoms with Gasteiger partial charge in [0, 0.05) is 6.54 Å². The second-order valence-corrected chi connectivity index (χ2v) is 6.66. The van der Waals surface area contributed by atoms with Gasteiger partial charge in [0.1, 0.15) is 0 Å². The van der Waals surface area contributed by atoms with E-state index in [0.29, 0.717) is 17.7 Å². The van der Waals surface area contributed by atoms with E-state index < -0.39 is 0 Å². The molecule has 2 aliphatic rings. The highest BCUT2D eigenvalue weighted by molar-refractivity contribution is 6.21. The molecule has 3 rings (SSSR count). The van der Waals surface area contributed by atoms with Gasteiger partial charge >= 0.3 is 0 Å². The van der Waals surface area contributed by atoms with Crippen molar-refractivity contribution in [2.24, 2.45) is 5.92 Å². The quantitative estimate of drug-likeness (QED) is 0.772. The zero-order valence-electron chi connectivity index (χ0n) is 13.2. The predicted octanol–water partition coefficient (Wildman–Crippen LogP) is 4.42. The molecule has 3 heteroatoms. The van der Waals surface area contributed by atoms with E-state index in [4.69, 9.17) is 0 Å². The van der Waals surface area contributed by atoms with Gasteiger partial charge < -0.3 is 0 Å². The predicted molar refractivity (Wildman–Crippen MR) is 86.9 cm³/mol. The van der Waals surface area contributed by atoms with E-state index in [2.05, 4.69) is 0 Å². The van der Waals surface area contributed by atoms with Crippen molar-refractivity contribution in [3.8, 4) is 0 Å². The van der Waals surface area contributed by atoms with Gasteiger partial charge in [0.2, 0.25) is 0 Å². The Morgan fingerprint density at radius 1 is 0.864 bits per heavy atom. The largest absolute Gasteiger partial charge is 0.274 e. The van der Waals surface area contributed by atoms with E-state index in [-0.39, 0.29) is 11.8 Å². The molecule has 0 saturated heterocycles. The molecule has 0 radical (unpaired) electrons. The van der Waals surface area contributed by atoms with Crippen molar-refractivity contribution in [2.75, 3.05) is 6.54 Å². The maximum Gasteiger partial charge on any atom is 0.261 e. The second-order valence-electron chi connectivity index (χ2n) is 6.66. The lowest BCUT2D eigenvalue weighted by Crippen LogP contribution is -2.31. The Labute approximate surface area is 132 Å². The van der Waals surface area contributed by atoms with Crippen LogP contribution in [-0.2, 0) is 0 Å². The van der Waals surface area contributed by atoms with E-state index in [9.17, 15) is 9.59 Å². The molecule has 22 heavy (non-hydrogen) atoms. The van der Waals surface area contributed by atoms with Crippen LogP contribution in [0.25, 0.3) is 0 Å². The first kappa shape index (κ1) is 15.3. The molecule has 0 N–H and O–H groups in total. The zero-order chi connectivity index (χ0) is 15.4. The van der Waals surface area contributed by atoms with Crippen LogP contribution in [0.15, 0.2) is 24.3 Å². The summed E-state index contributed by atoms with van der Waals surface area (Å²) in [5.74, 6) is 0.562. The summed E-state index contributed by atoms with van der Waals surface area (Å²) < 4.78 is 0. The number of hydrogen-bond acceptors (Lipinski definition) is 2. The summed E-state index contributed by atoms with van der Waals surface area (Å²) in [6, 6.07) is 7.15. The molecule has 2 amide bonds. The smallest absolute Gasteiger partial charge is 0.261 e. The first-order valence-electron chi connectivity index (χ1n) is 8.72. The third-order valence-electron chi connectivity index (χ3n) is 5.10. The molecule has 1 heterocycles. The maximum atomic E-state index is 12.3. The molecule has 1 aromatic carbocycles. The number of imide groups is 1. The summed E-state index contributed by atoms with van der Waals surface area (Å²) in [5.41, 5.74) is 1.14. The summed E-state index contributed by atoms with van der Waals surface area (Å²) in [4.78, 5) is 26.0. The average molecular weight is 299 g/mol. The van der Waals surface area contributed by atoms with Crippen molar-refractivity contribution >= 4 is 11.8 Å². The van der Waals surface area contributed by atoms with Gasteiger partial charge in [-0.05, 0) is 30.9 Å². The van der Waals surface area contributed by atoms with Crippen molar-refractivity contribution in [3.63, 3.8) is 0 Å². The fraction of sp³-hybridized carbons (Fsp3) is 0.579. The minimum atomic E-state index is -0.113. The standard InChI is InChI=1S/C19H25NO2/c21-18-16-12-6-7-13-17(16)19(22)20(18)14-8-11-15-9-4-2-1-3-5-10-15/h6-7,12-13,15H,1-5,8-11,14H2. The van der Waals surface area contributed by atoms with Crippen LogP contribution in [0.1, 0.15) is 78.5 Å². The third-order valence-corrected chi connectivity index (χ3v) is 5.10. The van der Waals surface area contributed by atoms with Crippen molar-refractivity contribution in [3.05, 3.63) is 35.4 Å². The number of hydrogen-bond donors (Lipinski definition) is 0. The van der Waals surface area contributed by atoms with Gasteiger partial charge in [0.15, 0.2) is 0 Å². The number of rotatable bonds is 4. The van der Waals surface area contributed by atoms with E-state index in [1.807, 2.05) is 12.1 Å². The summed E-state index contributed by atoms with van der Waals surface area (Å²) in [6.07, 6.45) is 11.6. The lowest BCUT2D eigenvalue weighted by Gasteiger charge is -2.21. The molecule has 1 aliphatic heterocycles. The maximum absolute atomic E-state index is 12.3. The number of benzene rings is 1. The van der Waals surface area contributed by atoms with Gasteiger partial charge in [0.25, 0.3) is 11.8 Å². The molecule has 0 bridgehead atoms. The highest BCUT2D eigenvalue weighted by Gasteiger charge is 2.34. The molecule has 1 fully saturated rings. The monoisotopic (exact) mass is 299 g/mol. The lowest BCUT2D eigenvalue weighted by molar-refractivity contribution is 0.0649. The van der Waals surface area contributed by atoms with Crippen molar-refractivity contribution < 1.29 is 9.59 Å². The highest BCUT2D eigenvalue weighted by atomic mass is 16.2. The molecule has 1 aliphatic carbocycles. The molecule has 0 aromatic heterocycles. The number of carbonyl (C=O) groups is 2. The van der Waals surface area contributed by atoms with Crippen LogP contribution < -0.4 is 0 Å². The zero-order valence-corrected chi connectivity index (χ0v) is 13.2. The van der Waals surface area contributed by atoms with E-state index in [1.165, 1.54) is 49.8 Å². The number of nitrogens with zero attached hydrogens (tertiary/aromatic N) is 1. The van der Waals surface area contributed by atoms with Crippen molar-refractivity contribution in [1.29, 1.82) is 0 Å². The van der Waals surface area contributed by atoms with Crippen LogP contribution in [-0.4, -0.2) is 23.3 Å². The van der Waals surface area contributed by atoms with Gasteiger partial charge in [-0.1, -0.05) is 57.1 Å². The van der Waals surface area contributed by atoms with Gasteiger partial charge in [-0.15, -0.1) is 0 Å². The molecule has 1 saturated carbocycles. The van der Waals surface area contributed by atoms with E-state index in [1.54, 1.807) is 12.1 Å². The number of carbonyl (C=O) groups excluding carboxylic acids is 2. The van der Waals surface area contributed by atoms with Gasteiger partial charge in [-0.3, -0.25) is 14.5 Å². The Kier molecular flexibility index (Phi) is 4.91. The fourth-order valence-corrected chi connectivity index (χ4v) is 3.81. The summed E-state index contributed by atoms with van der Waals surface area (Å²) in [7, 11) is 0. The van der Waals surface area contributed by atoms with Crippen LogP contribution in [0, 0.1) is 5.92 Å². The Hall–Kier alpha value is -1.64. The highest BCUT2D eigenvalue weighted by Crippen LogP contribution is 2.27. The van der Waals surface area contributed by atoms with Crippen LogP contribution in [0.2, 0.25) is 0 Å². The third kappa shape index (κ3) is 3.23. The van der Waals surface area contributed by atoms with Crippen molar-refractivity contribution in [2.45, 2.75) is 57.8 Å². The minimum absolute atomic E-state index is 0.113. The molecule has 0 spiro atoms. The van der Waals surface area contributed by atoms with E-state index in [0.717, 1.165) is 18.8 Å². The first-order valence-corrected chi connectivity index (χ1v) is 8.72.